The number of carbonyl (C=O) groups is 1. The van der Waals surface area contributed by atoms with Gasteiger partial charge in [0.05, 0.1) is 12.7 Å². The lowest BCUT2D eigenvalue weighted by atomic mass is 9.97. The van der Waals surface area contributed by atoms with E-state index in [-0.39, 0.29) is 5.78 Å². The van der Waals surface area contributed by atoms with Gasteiger partial charge >= 0.3 is 0 Å². The van der Waals surface area contributed by atoms with Gasteiger partial charge in [0, 0.05) is 0 Å². The molecule has 2 heteroatoms. The average molecular weight is 204 g/mol. The molecule has 0 fully saturated rings. The van der Waals surface area contributed by atoms with Crippen LogP contribution in [0, 0.1) is 6.92 Å². The molecule has 2 rings (SSSR count). The normalized spacial score (nSPS) is 13.8. The fourth-order valence-corrected chi connectivity index (χ4v) is 2.46. The summed E-state index contributed by atoms with van der Waals surface area (Å²) in [5.41, 5.74) is 4.60. The lowest BCUT2D eigenvalue weighted by molar-refractivity contribution is 0.101. The molecule has 0 radical (unpaired) electrons. The maximum absolute atomic E-state index is 11.5. The van der Waals surface area contributed by atoms with Crippen LogP contribution in [-0.4, -0.2) is 12.9 Å². The van der Waals surface area contributed by atoms with Gasteiger partial charge in [-0.2, -0.15) is 0 Å². The molecule has 1 aliphatic carbocycles. The monoisotopic (exact) mass is 204 g/mol. The number of hydrogen-bond donors (Lipinski definition) is 0. The first-order valence-corrected chi connectivity index (χ1v) is 5.35. The molecule has 0 atom stereocenters. The molecular formula is C13H16O2. The van der Waals surface area contributed by atoms with Crippen LogP contribution < -0.4 is 4.74 Å². The Bertz CT molecular complexity index is 419. The molecule has 0 saturated heterocycles. The maximum Gasteiger partial charge on any atom is 0.163 e. The van der Waals surface area contributed by atoms with Crippen molar-refractivity contribution in [2.45, 2.75) is 33.1 Å². The van der Waals surface area contributed by atoms with Gasteiger partial charge in [-0.25, -0.2) is 0 Å². The van der Waals surface area contributed by atoms with Crippen LogP contribution >= 0.6 is 0 Å². The van der Waals surface area contributed by atoms with Crippen molar-refractivity contribution < 1.29 is 9.53 Å². The number of methoxy groups -OCH3 is 1. The van der Waals surface area contributed by atoms with E-state index >= 15 is 0 Å². The molecule has 0 N–H and O–H groups in total. The minimum absolute atomic E-state index is 0.0876. The minimum atomic E-state index is 0.0876. The Morgan fingerprint density at radius 3 is 2.60 bits per heavy atom. The van der Waals surface area contributed by atoms with Crippen LogP contribution in [0.4, 0.5) is 0 Å². The Balaban J connectivity index is 2.68. The van der Waals surface area contributed by atoms with Gasteiger partial charge in [-0.1, -0.05) is 0 Å². The molecule has 15 heavy (non-hydrogen) atoms. The first-order chi connectivity index (χ1) is 7.15. The Morgan fingerprint density at radius 2 is 2.00 bits per heavy atom. The number of benzene rings is 1. The van der Waals surface area contributed by atoms with Crippen molar-refractivity contribution in [2.24, 2.45) is 0 Å². The number of carbonyl (C=O) groups excluding carboxylic acids is 1. The molecule has 0 aromatic heterocycles. The highest BCUT2D eigenvalue weighted by molar-refractivity contribution is 5.97. The third-order valence-electron chi connectivity index (χ3n) is 3.16. The Hall–Kier alpha value is -1.31. The van der Waals surface area contributed by atoms with Gasteiger partial charge in [-0.15, -0.1) is 0 Å². The summed E-state index contributed by atoms with van der Waals surface area (Å²) < 4.78 is 5.38. The van der Waals surface area contributed by atoms with Crippen LogP contribution in [0.25, 0.3) is 0 Å². The van der Waals surface area contributed by atoms with Crippen LogP contribution in [0.5, 0.6) is 5.75 Å². The van der Waals surface area contributed by atoms with Crippen LogP contribution in [0.1, 0.15) is 40.4 Å². The maximum atomic E-state index is 11.5. The lowest BCUT2D eigenvalue weighted by Crippen LogP contribution is -2.03. The van der Waals surface area contributed by atoms with Gasteiger partial charge in [0.1, 0.15) is 5.75 Å². The lowest BCUT2D eigenvalue weighted by Gasteiger charge is -2.13. The summed E-state index contributed by atoms with van der Waals surface area (Å²) in [5.74, 6) is 0.894. The second-order valence-corrected chi connectivity index (χ2v) is 4.14. The molecule has 80 valence electrons. The molecular weight excluding hydrogens is 188 g/mol. The zero-order valence-corrected chi connectivity index (χ0v) is 9.52. The number of ketones is 1. The van der Waals surface area contributed by atoms with Gasteiger partial charge < -0.3 is 4.74 Å². The second-order valence-electron chi connectivity index (χ2n) is 4.14. The number of rotatable bonds is 2. The van der Waals surface area contributed by atoms with Crippen molar-refractivity contribution in [3.63, 3.8) is 0 Å². The Morgan fingerprint density at radius 1 is 1.33 bits per heavy atom. The molecule has 2 nitrogen and oxygen atoms in total. The quantitative estimate of drug-likeness (QED) is 0.692. The van der Waals surface area contributed by atoms with Crippen molar-refractivity contribution >= 4 is 5.78 Å². The summed E-state index contributed by atoms with van der Waals surface area (Å²) in [7, 11) is 1.65. The van der Waals surface area contributed by atoms with E-state index in [4.69, 9.17) is 4.74 Å². The molecule has 0 bridgehead atoms. The van der Waals surface area contributed by atoms with E-state index in [2.05, 4.69) is 6.92 Å². The standard InChI is InChI=1S/C13H16O2/c1-8-7-12(9(2)14)13(15-3)11-6-4-5-10(8)11/h7H,4-6H2,1-3H3. The molecule has 0 unspecified atom stereocenters. The van der Waals surface area contributed by atoms with E-state index < -0.39 is 0 Å². The summed E-state index contributed by atoms with van der Waals surface area (Å²) in [6.45, 7) is 3.68. The number of ether oxygens (including phenoxy) is 1. The van der Waals surface area contributed by atoms with E-state index in [1.54, 1.807) is 14.0 Å². The van der Waals surface area contributed by atoms with E-state index in [0.29, 0.717) is 0 Å². The zero-order valence-electron chi connectivity index (χ0n) is 9.52. The third-order valence-corrected chi connectivity index (χ3v) is 3.16. The highest BCUT2D eigenvalue weighted by atomic mass is 16.5. The third kappa shape index (κ3) is 1.54. The SMILES string of the molecule is COc1c(C(C)=O)cc(C)c2c1CCC2. The number of aryl methyl sites for hydroxylation is 1. The highest BCUT2D eigenvalue weighted by Gasteiger charge is 2.22. The van der Waals surface area contributed by atoms with Crippen molar-refractivity contribution in [1.29, 1.82) is 0 Å². The smallest absolute Gasteiger partial charge is 0.163 e. The van der Waals surface area contributed by atoms with Crippen molar-refractivity contribution in [1.82, 2.24) is 0 Å². The largest absolute Gasteiger partial charge is 0.496 e. The first-order valence-electron chi connectivity index (χ1n) is 5.35. The van der Waals surface area contributed by atoms with Gasteiger partial charge in [-0.05, 0) is 55.9 Å². The van der Waals surface area contributed by atoms with Crippen LogP contribution in [0.3, 0.4) is 0 Å². The molecule has 1 aromatic rings. The van der Waals surface area contributed by atoms with Gasteiger partial charge in [-0.3, -0.25) is 4.79 Å². The summed E-state index contributed by atoms with van der Waals surface area (Å²) in [6.07, 6.45) is 3.34. The predicted molar refractivity (Wildman–Crippen MR) is 59.8 cm³/mol. The van der Waals surface area contributed by atoms with E-state index in [1.165, 1.54) is 23.1 Å². The summed E-state index contributed by atoms with van der Waals surface area (Å²) in [4.78, 5) is 11.5. The summed E-state index contributed by atoms with van der Waals surface area (Å²) >= 11 is 0. The Kier molecular flexibility index (Phi) is 2.51. The number of Topliss-reactive ketones (excluding diaryl/α,β-unsaturated/α-hetero) is 1. The first kappa shape index (κ1) is 10.2. The zero-order chi connectivity index (χ0) is 11.0. The summed E-state index contributed by atoms with van der Waals surface area (Å²) in [6, 6.07) is 1.96. The Labute approximate surface area is 90.3 Å². The molecule has 0 amide bonds. The average Bonchev–Trinajstić information content (AvgIpc) is 2.66. The number of hydrogen-bond acceptors (Lipinski definition) is 2. The van der Waals surface area contributed by atoms with Crippen LogP contribution in [0.2, 0.25) is 0 Å². The van der Waals surface area contributed by atoms with Crippen molar-refractivity contribution in [3.05, 3.63) is 28.3 Å². The van der Waals surface area contributed by atoms with Crippen molar-refractivity contribution in [2.75, 3.05) is 7.11 Å². The fraction of sp³-hybridized carbons (Fsp3) is 0.462. The summed E-state index contributed by atoms with van der Waals surface area (Å²) in [5, 5.41) is 0. The highest BCUT2D eigenvalue weighted by Crippen LogP contribution is 2.36. The molecule has 1 aromatic carbocycles. The van der Waals surface area contributed by atoms with Gasteiger partial charge in [0.2, 0.25) is 0 Å². The number of fused-ring (bicyclic) bond motifs is 1. The van der Waals surface area contributed by atoms with Gasteiger partial charge in [0.25, 0.3) is 0 Å². The molecule has 0 saturated carbocycles. The van der Waals surface area contributed by atoms with E-state index in [9.17, 15) is 4.79 Å². The van der Waals surface area contributed by atoms with Crippen LogP contribution in [0.15, 0.2) is 6.07 Å². The van der Waals surface area contributed by atoms with Gasteiger partial charge in [0.15, 0.2) is 5.78 Å². The van der Waals surface area contributed by atoms with Crippen molar-refractivity contribution in [3.8, 4) is 5.75 Å². The topological polar surface area (TPSA) is 26.3 Å². The molecule has 1 aliphatic rings. The molecule has 0 aliphatic heterocycles. The van der Waals surface area contributed by atoms with Crippen LogP contribution in [-0.2, 0) is 12.8 Å². The predicted octanol–water partition coefficient (Wildman–Crippen LogP) is 2.69. The molecule has 0 spiro atoms. The van der Waals surface area contributed by atoms with E-state index in [1.807, 2.05) is 6.07 Å². The minimum Gasteiger partial charge on any atom is -0.496 e. The fourth-order valence-electron chi connectivity index (χ4n) is 2.46. The second kappa shape index (κ2) is 3.69. The molecule has 0 heterocycles. The van der Waals surface area contributed by atoms with E-state index in [0.717, 1.165) is 24.2 Å².